The summed E-state index contributed by atoms with van der Waals surface area (Å²) in [5.41, 5.74) is 0. The van der Waals surface area contributed by atoms with Crippen LogP contribution in [0.25, 0.3) is 10.1 Å². The Morgan fingerprint density at radius 2 is 2.23 bits per heavy atom. The molecule has 1 nitrogen and oxygen atoms in total. The molecule has 3 heteroatoms. The molecule has 0 radical (unpaired) electrons. The van der Waals surface area contributed by atoms with E-state index in [-0.39, 0.29) is 0 Å². The normalized spacial score (nSPS) is 10.9. The second kappa shape index (κ2) is 3.78. The molecule has 0 aliphatic rings. The van der Waals surface area contributed by atoms with Gasteiger partial charge in [-0.2, -0.15) is 0 Å². The van der Waals surface area contributed by atoms with Gasteiger partial charge >= 0.3 is 0 Å². The summed E-state index contributed by atoms with van der Waals surface area (Å²) in [6.45, 7) is 0.705. The summed E-state index contributed by atoms with van der Waals surface area (Å²) >= 11 is 5.24. The molecule has 0 amide bonds. The summed E-state index contributed by atoms with van der Waals surface area (Å²) in [5.74, 6) is 0. The highest BCUT2D eigenvalue weighted by atomic mass is 79.9. The molecule has 1 aromatic carbocycles. The van der Waals surface area contributed by atoms with Gasteiger partial charge in [-0.05, 0) is 23.6 Å². The van der Waals surface area contributed by atoms with E-state index in [0.29, 0.717) is 6.61 Å². The van der Waals surface area contributed by atoms with E-state index in [1.54, 1.807) is 18.4 Å². The number of hydrogen-bond acceptors (Lipinski definition) is 2. The van der Waals surface area contributed by atoms with Crippen molar-refractivity contribution < 1.29 is 4.74 Å². The average molecular weight is 257 g/mol. The zero-order chi connectivity index (χ0) is 9.26. The van der Waals surface area contributed by atoms with E-state index in [4.69, 9.17) is 4.74 Å². The fourth-order valence-corrected chi connectivity index (χ4v) is 2.86. The largest absolute Gasteiger partial charge is 0.379 e. The van der Waals surface area contributed by atoms with Crippen LogP contribution in [0.2, 0.25) is 0 Å². The first-order valence-electron chi connectivity index (χ1n) is 3.96. The van der Waals surface area contributed by atoms with Crippen molar-refractivity contribution in [2.24, 2.45) is 0 Å². The number of halogens is 1. The fraction of sp³-hybridized carbons (Fsp3) is 0.200. The Balaban J connectivity index is 2.49. The predicted molar refractivity (Wildman–Crippen MR) is 60.2 cm³/mol. The molecule has 68 valence electrons. The van der Waals surface area contributed by atoms with E-state index in [1.807, 2.05) is 0 Å². The van der Waals surface area contributed by atoms with E-state index < -0.39 is 0 Å². The summed E-state index contributed by atoms with van der Waals surface area (Å²) < 4.78 is 7.52. The lowest BCUT2D eigenvalue weighted by Gasteiger charge is -1.89. The van der Waals surface area contributed by atoms with Gasteiger partial charge in [-0.25, -0.2) is 0 Å². The van der Waals surface area contributed by atoms with Crippen LogP contribution in [-0.2, 0) is 11.3 Å². The molecule has 1 aromatic heterocycles. The molecule has 0 spiro atoms. The summed E-state index contributed by atoms with van der Waals surface area (Å²) in [7, 11) is 1.72. The minimum absolute atomic E-state index is 0.705. The maximum Gasteiger partial charge on any atom is 0.0806 e. The van der Waals surface area contributed by atoms with E-state index >= 15 is 0 Å². The monoisotopic (exact) mass is 256 g/mol. The minimum atomic E-state index is 0.705. The van der Waals surface area contributed by atoms with Gasteiger partial charge in [0.2, 0.25) is 0 Å². The second-order valence-electron chi connectivity index (χ2n) is 2.83. The Labute approximate surface area is 89.5 Å². The van der Waals surface area contributed by atoms with E-state index in [1.165, 1.54) is 15.0 Å². The summed E-state index contributed by atoms with van der Waals surface area (Å²) in [6.07, 6.45) is 0. The first kappa shape index (κ1) is 9.19. The van der Waals surface area contributed by atoms with Gasteiger partial charge < -0.3 is 4.74 Å². The SMILES string of the molecule is COCc1cc2ccc(Br)cc2s1. The average Bonchev–Trinajstić information content (AvgIpc) is 2.46. The first-order chi connectivity index (χ1) is 6.29. The Morgan fingerprint density at radius 1 is 1.38 bits per heavy atom. The highest BCUT2D eigenvalue weighted by Gasteiger charge is 2.01. The van der Waals surface area contributed by atoms with Gasteiger partial charge in [0.15, 0.2) is 0 Å². The van der Waals surface area contributed by atoms with Crippen LogP contribution in [0.15, 0.2) is 28.7 Å². The molecule has 0 bridgehead atoms. The molecule has 13 heavy (non-hydrogen) atoms. The predicted octanol–water partition coefficient (Wildman–Crippen LogP) is 3.81. The third-order valence-electron chi connectivity index (χ3n) is 1.82. The third kappa shape index (κ3) is 1.93. The van der Waals surface area contributed by atoms with E-state index in [9.17, 15) is 0 Å². The standard InChI is InChI=1S/C10H9BrOS/c1-12-6-9-4-7-2-3-8(11)5-10(7)13-9/h2-5H,6H2,1H3. The quantitative estimate of drug-likeness (QED) is 0.794. The van der Waals surface area contributed by atoms with Crippen molar-refractivity contribution in [3.8, 4) is 0 Å². The molecule has 0 saturated carbocycles. The van der Waals surface area contributed by atoms with Crippen LogP contribution in [0.5, 0.6) is 0 Å². The lowest BCUT2D eigenvalue weighted by molar-refractivity contribution is 0.187. The highest BCUT2D eigenvalue weighted by Crippen LogP contribution is 2.28. The molecule has 0 aliphatic carbocycles. The molecular formula is C10H9BrOS. The Hall–Kier alpha value is -0.380. The Kier molecular flexibility index (Phi) is 2.67. The first-order valence-corrected chi connectivity index (χ1v) is 5.57. The summed E-state index contributed by atoms with van der Waals surface area (Å²) in [4.78, 5) is 1.27. The molecular weight excluding hydrogens is 248 g/mol. The molecule has 1 heterocycles. The molecule has 2 rings (SSSR count). The molecule has 0 saturated heterocycles. The number of thiophene rings is 1. The Bertz CT molecular complexity index is 422. The molecule has 0 fully saturated rings. The van der Waals surface area contributed by atoms with Crippen molar-refractivity contribution in [2.75, 3.05) is 7.11 Å². The van der Waals surface area contributed by atoms with Crippen molar-refractivity contribution in [2.45, 2.75) is 6.61 Å². The maximum atomic E-state index is 5.09. The molecule has 2 aromatic rings. The smallest absolute Gasteiger partial charge is 0.0806 e. The lowest BCUT2D eigenvalue weighted by atomic mass is 10.2. The minimum Gasteiger partial charge on any atom is -0.379 e. The van der Waals surface area contributed by atoms with Crippen molar-refractivity contribution in [3.63, 3.8) is 0 Å². The van der Waals surface area contributed by atoms with Crippen LogP contribution in [0.1, 0.15) is 4.88 Å². The van der Waals surface area contributed by atoms with Gasteiger partial charge in [0.25, 0.3) is 0 Å². The fourth-order valence-electron chi connectivity index (χ4n) is 1.27. The summed E-state index contributed by atoms with van der Waals surface area (Å²) in [5, 5.41) is 1.29. The van der Waals surface area contributed by atoms with Crippen LogP contribution in [0, 0.1) is 0 Å². The number of methoxy groups -OCH3 is 1. The molecule has 0 unspecified atom stereocenters. The number of rotatable bonds is 2. The van der Waals surface area contributed by atoms with Crippen LogP contribution >= 0.6 is 27.3 Å². The molecule has 0 aliphatic heterocycles. The van der Waals surface area contributed by atoms with Gasteiger partial charge in [-0.3, -0.25) is 0 Å². The van der Waals surface area contributed by atoms with Gasteiger partial charge in [-0.1, -0.05) is 22.0 Å². The van der Waals surface area contributed by atoms with Gasteiger partial charge in [0.05, 0.1) is 6.61 Å². The molecule has 0 atom stereocenters. The van der Waals surface area contributed by atoms with Crippen LogP contribution in [0.4, 0.5) is 0 Å². The Morgan fingerprint density at radius 3 is 3.00 bits per heavy atom. The topological polar surface area (TPSA) is 9.23 Å². The van der Waals surface area contributed by atoms with Crippen molar-refractivity contribution in [3.05, 3.63) is 33.6 Å². The van der Waals surface area contributed by atoms with Crippen molar-refractivity contribution in [1.29, 1.82) is 0 Å². The van der Waals surface area contributed by atoms with Gasteiger partial charge in [0.1, 0.15) is 0 Å². The number of hydrogen-bond donors (Lipinski definition) is 0. The second-order valence-corrected chi connectivity index (χ2v) is 4.91. The van der Waals surface area contributed by atoms with Crippen molar-refractivity contribution >= 4 is 37.4 Å². The van der Waals surface area contributed by atoms with Crippen LogP contribution in [0.3, 0.4) is 0 Å². The van der Waals surface area contributed by atoms with Gasteiger partial charge in [-0.15, -0.1) is 11.3 Å². The molecule has 0 N–H and O–H groups in total. The maximum absolute atomic E-state index is 5.09. The lowest BCUT2D eigenvalue weighted by Crippen LogP contribution is -1.79. The van der Waals surface area contributed by atoms with Crippen LogP contribution < -0.4 is 0 Å². The summed E-state index contributed by atoms with van der Waals surface area (Å²) in [6, 6.07) is 8.50. The zero-order valence-electron chi connectivity index (χ0n) is 7.21. The number of benzene rings is 1. The van der Waals surface area contributed by atoms with Crippen molar-refractivity contribution in [1.82, 2.24) is 0 Å². The third-order valence-corrected chi connectivity index (χ3v) is 3.38. The highest BCUT2D eigenvalue weighted by molar-refractivity contribution is 9.10. The zero-order valence-corrected chi connectivity index (χ0v) is 9.61. The van der Waals surface area contributed by atoms with Crippen LogP contribution in [-0.4, -0.2) is 7.11 Å². The van der Waals surface area contributed by atoms with E-state index in [0.717, 1.165) is 4.47 Å². The number of fused-ring (bicyclic) bond motifs is 1. The number of ether oxygens (including phenoxy) is 1. The van der Waals surface area contributed by atoms with Gasteiger partial charge in [0, 0.05) is 21.2 Å². The van der Waals surface area contributed by atoms with E-state index in [2.05, 4.69) is 40.2 Å².